The quantitative estimate of drug-likeness (QED) is 0.342. The van der Waals surface area contributed by atoms with Gasteiger partial charge in [-0.1, -0.05) is 54.6 Å². The van der Waals surface area contributed by atoms with E-state index in [1.54, 1.807) is 36.4 Å². The van der Waals surface area contributed by atoms with Gasteiger partial charge in [-0.05, 0) is 47.9 Å². The summed E-state index contributed by atoms with van der Waals surface area (Å²) in [5.41, 5.74) is 3.30. The second-order valence-electron chi connectivity index (χ2n) is 8.72. The normalized spacial score (nSPS) is 13.4. The van der Waals surface area contributed by atoms with Gasteiger partial charge in [-0.25, -0.2) is 8.42 Å². The number of sulfonamides is 1. The van der Waals surface area contributed by atoms with Crippen LogP contribution in [-0.2, 0) is 29.5 Å². The van der Waals surface area contributed by atoms with E-state index < -0.39 is 15.9 Å². The Hall–Kier alpha value is -3.97. The molecule has 0 radical (unpaired) electrons. The second-order valence-corrected chi connectivity index (χ2v) is 11.5. The van der Waals surface area contributed by atoms with E-state index >= 15 is 0 Å². The van der Waals surface area contributed by atoms with Gasteiger partial charge in [-0.3, -0.25) is 14.4 Å². The highest BCUT2D eigenvalue weighted by molar-refractivity contribution is 7.92. The van der Waals surface area contributed by atoms with E-state index in [0.717, 1.165) is 36.5 Å². The van der Waals surface area contributed by atoms with Gasteiger partial charge in [0.1, 0.15) is 11.1 Å². The summed E-state index contributed by atoms with van der Waals surface area (Å²) in [6, 6.07) is 26.9. The molecule has 9 heteroatoms. The van der Waals surface area contributed by atoms with Crippen LogP contribution in [0.4, 0.5) is 10.7 Å². The third-order valence-corrected chi connectivity index (χ3v) is 8.68. The molecule has 37 heavy (non-hydrogen) atoms. The molecule has 1 aromatic heterocycles. The van der Waals surface area contributed by atoms with Crippen LogP contribution in [0.15, 0.2) is 89.8 Å². The van der Waals surface area contributed by atoms with Crippen LogP contribution in [0.1, 0.15) is 31.9 Å². The number of fused-ring (bicyclic) bond motifs is 1. The van der Waals surface area contributed by atoms with Crippen molar-refractivity contribution in [1.29, 1.82) is 5.26 Å². The first-order valence-electron chi connectivity index (χ1n) is 11.7. The minimum Gasteiger partial charge on any atom is -0.312 e. The van der Waals surface area contributed by atoms with Gasteiger partial charge in [0.25, 0.3) is 15.9 Å². The lowest BCUT2D eigenvalue weighted by molar-refractivity contribution is 0.102. The largest absolute Gasteiger partial charge is 0.312 e. The summed E-state index contributed by atoms with van der Waals surface area (Å²) in [5, 5.41) is 13.2. The number of carbonyl (C=O) groups is 1. The number of nitrogens with one attached hydrogen (secondary N) is 2. The fraction of sp³-hybridized carbons (Fsp3) is 0.143. The molecule has 1 aliphatic heterocycles. The summed E-state index contributed by atoms with van der Waals surface area (Å²) in [5.74, 6) is -0.406. The lowest BCUT2D eigenvalue weighted by Crippen LogP contribution is -2.29. The third kappa shape index (κ3) is 5.57. The predicted molar refractivity (Wildman–Crippen MR) is 145 cm³/mol. The highest BCUT2D eigenvalue weighted by atomic mass is 32.2. The molecule has 1 aliphatic rings. The molecule has 0 unspecified atom stereocenters. The first kappa shape index (κ1) is 24.7. The molecule has 4 aromatic rings. The second kappa shape index (κ2) is 10.6. The predicted octanol–water partition coefficient (Wildman–Crippen LogP) is 5.23. The van der Waals surface area contributed by atoms with Crippen molar-refractivity contribution in [3.63, 3.8) is 0 Å². The Kier molecular flexibility index (Phi) is 7.06. The molecule has 2 N–H and O–H groups in total. The Morgan fingerprint density at radius 1 is 1.00 bits per heavy atom. The lowest BCUT2D eigenvalue weighted by atomic mass is 10.0. The van der Waals surface area contributed by atoms with Gasteiger partial charge < -0.3 is 5.32 Å². The van der Waals surface area contributed by atoms with Crippen molar-refractivity contribution >= 4 is 38.0 Å². The number of thiophene rings is 1. The molecule has 0 bridgehead atoms. The van der Waals surface area contributed by atoms with Gasteiger partial charge in [0.2, 0.25) is 0 Å². The average Bonchev–Trinajstić information content (AvgIpc) is 3.25. The number of anilines is 2. The van der Waals surface area contributed by atoms with Crippen molar-refractivity contribution in [2.75, 3.05) is 16.6 Å². The van der Waals surface area contributed by atoms with Crippen molar-refractivity contribution in [2.45, 2.75) is 24.4 Å². The Labute approximate surface area is 220 Å². The Balaban J connectivity index is 1.31. The molecule has 186 valence electrons. The zero-order chi connectivity index (χ0) is 25.8. The van der Waals surface area contributed by atoms with Crippen LogP contribution in [-0.4, -0.2) is 25.8 Å². The molecule has 7 nitrogen and oxygen atoms in total. The molecule has 1 amide bonds. The van der Waals surface area contributed by atoms with Crippen LogP contribution in [0.3, 0.4) is 0 Å². The van der Waals surface area contributed by atoms with Gasteiger partial charge in [0, 0.05) is 35.8 Å². The van der Waals surface area contributed by atoms with Gasteiger partial charge in [0.05, 0.1) is 10.5 Å². The first-order chi connectivity index (χ1) is 17.9. The van der Waals surface area contributed by atoms with E-state index in [2.05, 4.69) is 33.1 Å². The van der Waals surface area contributed by atoms with Gasteiger partial charge in [-0.15, -0.1) is 11.3 Å². The summed E-state index contributed by atoms with van der Waals surface area (Å²) < 4.78 is 27.8. The summed E-state index contributed by atoms with van der Waals surface area (Å²) in [6.07, 6.45) is 0.744. The van der Waals surface area contributed by atoms with Crippen LogP contribution in [0, 0.1) is 11.3 Å². The van der Waals surface area contributed by atoms with Crippen molar-refractivity contribution in [3.8, 4) is 6.07 Å². The van der Waals surface area contributed by atoms with Gasteiger partial charge in [-0.2, -0.15) is 5.26 Å². The number of benzene rings is 3. The summed E-state index contributed by atoms with van der Waals surface area (Å²) in [6.45, 7) is 2.38. The van der Waals surface area contributed by atoms with Crippen molar-refractivity contribution in [2.24, 2.45) is 0 Å². The summed E-state index contributed by atoms with van der Waals surface area (Å²) >= 11 is 1.43. The molecule has 0 atom stereocenters. The maximum absolute atomic E-state index is 13.1. The monoisotopic (exact) mass is 528 g/mol. The third-order valence-electron chi connectivity index (χ3n) is 6.15. The SMILES string of the molecule is N#Cc1c(NC(=O)c2cccc(NS(=O)(=O)c3ccccc3)c2)sc2c1CCN(Cc1ccccc1)C2. The van der Waals surface area contributed by atoms with Crippen molar-refractivity contribution in [3.05, 3.63) is 112 Å². The minimum absolute atomic E-state index is 0.133. The number of nitrogens with zero attached hydrogens (tertiary/aromatic N) is 2. The van der Waals surface area contributed by atoms with Crippen LogP contribution < -0.4 is 10.0 Å². The molecule has 0 spiro atoms. The topological polar surface area (TPSA) is 102 Å². The highest BCUT2D eigenvalue weighted by Gasteiger charge is 2.25. The molecule has 2 heterocycles. The van der Waals surface area contributed by atoms with Gasteiger partial charge >= 0.3 is 0 Å². The molecular weight excluding hydrogens is 504 g/mol. The summed E-state index contributed by atoms with van der Waals surface area (Å²) in [4.78, 5) is 16.6. The van der Waals surface area contributed by atoms with E-state index in [9.17, 15) is 18.5 Å². The summed E-state index contributed by atoms with van der Waals surface area (Å²) in [7, 11) is -3.78. The zero-order valence-electron chi connectivity index (χ0n) is 19.8. The Morgan fingerprint density at radius 2 is 1.73 bits per heavy atom. The number of amides is 1. The fourth-order valence-electron chi connectivity index (χ4n) is 4.35. The molecule has 0 saturated heterocycles. The lowest BCUT2D eigenvalue weighted by Gasteiger charge is -2.26. The maximum Gasteiger partial charge on any atom is 0.261 e. The van der Waals surface area contributed by atoms with E-state index in [-0.39, 0.29) is 16.1 Å². The molecule has 5 rings (SSSR count). The zero-order valence-corrected chi connectivity index (χ0v) is 21.5. The Bertz CT molecular complexity index is 1580. The van der Waals surface area contributed by atoms with E-state index in [0.29, 0.717) is 10.6 Å². The smallest absolute Gasteiger partial charge is 0.261 e. The number of hydrogen-bond acceptors (Lipinski definition) is 6. The van der Waals surface area contributed by atoms with Crippen LogP contribution >= 0.6 is 11.3 Å². The van der Waals surface area contributed by atoms with E-state index in [1.165, 1.54) is 35.1 Å². The van der Waals surface area contributed by atoms with E-state index in [1.807, 2.05) is 18.2 Å². The maximum atomic E-state index is 13.1. The van der Waals surface area contributed by atoms with Crippen LogP contribution in [0.2, 0.25) is 0 Å². The molecule has 0 fully saturated rings. The van der Waals surface area contributed by atoms with Crippen LogP contribution in [0.25, 0.3) is 0 Å². The fourth-order valence-corrected chi connectivity index (χ4v) is 6.66. The van der Waals surface area contributed by atoms with Crippen molar-refractivity contribution < 1.29 is 13.2 Å². The average molecular weight is 529 g/mol. The molecule has 3 aromatic carbocycles. The molecular formula is C28H24N4O3S2. The Morgan fingerprint density at radius 3 is 2.46 bits per heavy atom. The minimum atomic E-state index is -3.78. The first-order valence-corrected chi connectivity index (χ1v) is 14.0. The number of rotatable bonds is 7. The van der Waals surface area contributed by atoms with Gasteiger partial charge in [0.15, 0.2) is 0 Å². The van der Waals surface area contributed by atoms with Crippen LogP contribution in [0.5, 0.6) is 0 Å². The molecule has 0 saturated carbocycles. The molecule has 0 aliphatic carbocycles. The van der Waals surface area contributed by atoms with E-state index in [4.69, 9.17) is 0 Å². The number of hydrogen-bond donors (Lipinski definition) is 2. The standard InChI is InChI=1S/C28H24N4O3S2/c29-17-25-24-14-15-32(18-20-8-3-1-4-9-20)19-26(24)36-28(25)30-27(33)21-10-7-11-22(16-21)31-37(34,35)23-12-5-2-6-13-23/h1-13,16,31H,14-15,18-19H2,(H,30,33). The van der Waals surface area contributed by atoms with Crippen molar-refractivity contribution in [1.82, 2.24) is 4.90 Å². The number of nitriles is 1. The number of carbonyl (C=O) groups excluding carboxylic acids is 1. The highest BCUT2D eigenvalue weighted by Crippen LogP contribution is 2.37.